The van der Waals surface area contributed by atoms with Crippen LogP contribution in [-0.2, 0) is 47.5 Å². The molecule has 0 aromatic heterocycles. The molecule has 2 heterocycles. The number of hydrogen-bond acceptors (Lipinski definition) is 11. The van der Waals surface area contributed by atoms with Crippen molar-refractivity contribution < 1.29 is 52.3 Å². The lowest BCUT2D eigenvalue weighted by Crippen LogP contribution is -2.68. The van der Waals surface area contributed by atoms with Crippen LogP contribution in [0.3, 0.4) is 0 Å². The fraction of sp³-hybridized carbons (Fsp3) is 0.385. The molecule has 1 aliphatic carbocycles. The van der Waals surface area contributed by atoms with Crippen molar-refractivity contribution in [1.29, 1.82) is 0 Å². The van der Waals surface area contributed by atoms with Gasteiger partial charge in [0.15, 0.2) is 24.7 Å². The Hall–Kier alpha value is -5.08. The normalized spacial score (nSPS) is 24.5. The van der Waals surface area contributed by atoms with Gasteiger partial charge in [0.05, 0.1) is 12.7 Å². The first kappa shape index (κ1) is 36.7. The highest BCUT2D eigenvalue weighted by Crippen LogP contribution is 2.44. The molecule has 0 spiro atoms. The summed E-state index contributed by atoms with van der Waals surface area (Å²) < 4.78 is 41.5. The van der Waals surface area contributed by atoms with Crippen molar-refractivity contribution >= 4 is 23.9 Å². The average Bonchev–Trinajstić information content (AvgIpc) is 3.46. The maximum absolute atomic E-state index is 13.3. The Morgan fingerprint density at radius 2 is 1.56 bits per heavy atom. The van der Waals surface area contributed by atoms with Crippen molar-refractivity contribution in [3.63, 3.8) is 0 Å². The van der Waals surface area contributed by atoms with E-state index in [1.807, 2.05) is 78.9 Å². The SMILES string of the molecule is C=CCOC(=O)[C@@H](NC(=O)OCC1c2ccccc2-c2ccccc21)[C@@H](C)O[C@H]1O[C@@H]2CO[C@H](c3ccccc3)O[C@@H]2[C@H](OC(C)=O)[C@H]1NC(C)=O. The van der Waals surface area contributed by atoms with E-state index in [0.717, 1.165) is 27.8 Å². The number of ether oxygens (including phenoxy) is 7. The van der Waals surface area contributed by atoms with Crippen LogP contribution >= 0.6 is 0 Å². The predicted molar refractivity (Wildman–Crippen MR) is 186 cm³/mol. The van der Waals surface area contributed by atoms with Crippen molar-refractivity contribution in [3.05, 3.63) is 108 Å². The lowest BCUT2D eigenvalue weighted by Gasteiger charge is -2.49. The number of alkyl carbamates (subject to hydrolysis) is 1. The van der Waals surface area contributed by atoms with Crippen LogP contribution in [0.1, 0.15) is 49.7 Å². The average molecular weight is 715 g/mol. The summed E-state index contributed by atoms with van der Waals surface area (Å²) in [6.07, 6.45) is -5.41. The van der Waals surface area contributed by atoms with Crippen LogP contribution < -0.4 is 10.6 Å². The molecule has 6 rings (SSSR count). The predicted octanol–water partition coefficient (Wildman–Crippen LogP) is 4.30. The number of esters is 2. The van der Waals surface area contributed by atoms with Gasteiger partial charge in [-0.1, -0.05) is 91.5 Å². The molecule has 2 amide bonds. The molecule has 2 fully saturated rings. The number of rotatable bonds is 12. The van der Waals surface area contributed by atoms with Crippen molar-refractivity contribution in [1.82, 2.24) is 10.6 Å². The maximum Gasteiger partial charge on any atom is 0.407 e. The molecule has 0 bridgehead atoms. The Kier molecular flexibility index (Phi) is 11.7. The molecule has 8 atom stereocenters. The van der Waals surface area contributed by atoms with Crippen LogP contribution in [-0.4, -0.2) is 86.5 Å². The highest BCUT2D eigenvalue weighted by atomic mass is 16.8. The second-order valence-corrected chi connectivity index (χ2v) is 12.7. The quantitative estimate of drug-likeness (QED) is 0.157. The van der Waals surface area contributed by atoms with E-state index in [0.29, 0.717) is 0 Å². The van der Waals surface area contributed by atoms with E-state index in [9.17, 15) is 19.2 Å². The summed E-state index contributed by atoms with van der Waals surface area (Å²) in [6, 6.07) is 22.6. The van der Waals surface area contributed by atoms with E-state index >= 15 is 0 Å². The monoisotopic (exact) mass is 714 g/mol. The van der Waals surface area contributed by atoms with Crippen LogP contribution in [0, 0.1) is 0 Å². The van der Waals surface area contributed by atoms with Crippen molar-refractivity contribution in [2.45, 2.75) is 75.8 Å². The van der Waals surface area contributed by atoms with Gasteiger partial charge in [-0.25, -0.2) is 9.59 Å². The fourth-order valence-corrected chi connectivity index (χ4v) is 6.84. The molecule has 0 unspecified atom stereocenters. The molecule has 2 saturated heterocycles. The summed E-state index contributed by atoms with van der Waals surface area (Å²) in [5.74, 6) is -2.12. The zero-order chi connectivity index (χ0) is 36.8. The summed E-state index contributed by atoms with van der Waals surface area (Å²) in [6.45, 7) is 7.57. The molecule has 3 aromatic carbocycles. The molecule has 2 N–H and O–H groups in total. The van der Waals surface area contributed by atoms with Gasteiger partial charge in [0.2, 0.25) is 5.91 Å². The minimum Gasteiger partial charge on any atom is -0.460 e. The molecule has 3 aromatic rings. The summed E-state index contributed by atoms with van der Waals surface area (Å²) in [7, 11) is 0. The molecule has 3 aliphatic rings. The van der Waals surface area contributed by atoms with Crippen LogP contribution in [0.25, 0.3) is 11.1 Å². The largest absolute Gasteiger partial charge is 0.460 e. The summed E-state index contributed by atoms with van der Waals surface area (Å²) in [5.41, 5.74) is 4.94. The standard InChI is InChI=1S/C39H42N2O11/c1-5-19-46-36(44)32(41-39(45)48-20-30-28-17-11-9-15-26(28)27-16-10-12-18-29(27)30)22(2)49-38-33(40-23(3)42)35(50-24(4)43)34-31(51-38)21-47-37(52-34)25-13-7-6-8-14-25/h5-18,22,30-35,37-38H,1,19-21H2,2-4H3,(H,40,42)(H,41,45)/t22-,31-,32+,33-,34+,35-,37+,38+/m1/s1. The molecule has 0 saturated carbocycles. The second kappa shape index (κ2) is 16.5. The zero-order valence-corrected chi connectivity index (χ0v) is 29.1. The minimum absolute atomic E-state index is 0.0109. The van der Waals surface area contributed by atoms with Gasteiger partial charge in [0, 0.05) is 25.3 Å². The smallest absolute Gasteiger partial charge is 0.407 e. The molecule has 274 valence electrons. The summed E-state index contributed by atoms with van der Waals surface area (Å²) in [5, 5.41) is 5.36. The minimum atomic E-state index is -1.39. The van der Waals surface area contributed by atoms with E-state index in [4.69, 9.17) is 33.2 Å². The van der Waals surface area contributed by atoms with E-state index in [1.165, 1.54) is 26.8 Å². The van der Waals surface area contributed by atoms with Gasteiger partial charge < -0.3 is 43.8 Å². The lowest BCUT2D eigenvalue weighted by molar-refractivity contribution is -0.349. The summed E-state index contributed by atoms with van der Waals surface area (Å²) in [4.78, 5) is 51.5. The number of carbonyl (C=O) groups excluding carboxylic acids is 4. The third-order valence-corrected chi connectivity index (χ3v) is 9.12. The van der Waals surface area contributed by atoms with Gasteiger partial charge in [-0.2, -0.15) is 0 Å². The first-order valence-electron chi connectivity index (χ1n) is 17.1. The number of fused-ring (bicyclic) bond motifs is 4. The number of amides is 2. The Balaban J connectivity index is 1.19. The number of carbonyl (C=O) groups is 4. The van der Waals surface area contributed by atoms with Crippen LogP contribution in [0.4, 0.5) is 4.79 Å². The Bertz CT molecular complexity index is 1720. The van der Waals surface area contributed by atoms with Crippen molar-refractivity contribution in [3.8, 4) is 11.1 Å². The van der Waals surface area contributed by atoms with Gasteiger partial charge in [-0.05, 0) is 29.2 Å². The first-order valence-corrected chi connectivity index (χ1v) is 17.1. The Morgan fingerprint density at radius 1 is 0.904 bits per heavy atom. The molecule has 2 aliphatic heterocycles. The highest BCUT2D eigenvalue weighted by molar-refractivity contribution is 5.82. The van der Waals surface area contributed by atoms with Gasteiger partial charge in [-0.3, -0.25) is 9.59 Å². The van der Waals surface area contributed by atoms with Crippen LogP contribution in [0.5, 0.6) is 0 Å². The van der Waals surface area contributed by atoms with Crippen LogP contribution in [0.2, 0.25) is 0 Å². The van der Waals surface area contributed by atoms with Crippen LogP contribution in [0.15, 0.2) is 91.5 Å². The van der Waals surface area contributed by atoms with E-state index < -0.39 is 73.0 Å². The molecule has 0 radical (unpaired) electrons. The Morgan fingerprint density at radius 3 is 2.19 bits per heavy atom. The fourth-order valence-electron chi connectivity index (χ4n) is 6.84. The highest BCUT2D eigenvalue weighted by Gasteiger charge is 2.53. The van der Waals surface area contributed by atoms with E-state index in [1.54, 1.807) is 0 Å². The Labute approximate surface area is 301 Å². The van der Waals surface area contributed by atoms with E-state index in [2.05, 4.69) is 17.2 Å². The molecule has 13 nitrogen and oxygen atoms in total. The van der Waals surface area contributed by atoms with Gasteiger partial charge >= 0.3 is 18.0 Å². The van der Waals surface area contributed by atoms with E-state index in [-0.39, 0.29) is 25.7 Å². The zero-order valence-electron chi connectivity index (χ0n) is 29.1. The maximum atomic E-state index is 13.3. The molecular weight excluding hydrogens is 672 g/mol. The van der Waals surface area contributed by atoms with Gasteiger partial charge in [-0.15, -0.1) is 0 Å². The van der Waals surface area contributed by atoms with Crippen molar-refractivity contribution in [2.24, 2.45) is 0 Å². The third kappa shape index (κ3) is 8.18. The summed E-state index contributed by atoms with van der Waals surface area (Å²) >= 11 is 0. The molecule has 52 heavy (non-hydrogen) atoms. The topological polar surface area (TPSA) is 157 Å². The van der Waals surface area contributed by atoms with Gasteiger partial charge in [0.25, 0.3) is 0 Å². The number of benzene rings is 3. The number of nitrogens with one attached hydrogen (secondary N) is 2. The van der Waals surface area contributed by atoms with Gasteiger partial charge in [0.1, 0.15) is 31.5 Å². The number of hydrogen-bond donors (Lipinski definition) is 2. The second-order valence-electron chi connectivity index (χ2n) is 12.7. The molecule has 13 heteroatoms. The third-order valence-electron chi connectivity index (χ3n) is 9.12. The first-order chi connectivity index (χ1) is 25.1. The lowest BCUT2D eigenvalue weighted by atomic mass is 9.95. The molecular formula is C39H42N2O11. The van der Waals surface area contributed by atoms with Crippen molar-refractivity contribution in [2.75, 3.05) is 19.8 Å².